The first kappa shape index (κ1) is 32.1. The predicted molar refractivity (Wildman–Crippen MR) is 179 cm³/mol. The van der Waals surface area contributed by atoms with E-state index in [0.29, 0.717) is 62.9 Å². The molecular formula is C35H36BrFN4O4S. The molecule has 1 aromatic heterocycles. The van der Waals surface area contributed by atoms with Gasteiger partial charge >= 0.3 is 5.97 Å². The fourth-order valence-corrected chi connectivity index (χ4v) is 7.19. The molecule has 11 heteroatoms. The largest absolute Gasteiger partial charge is 0.490 e. The SMILES string of the molecule is CCOc1cc(C2C(C(=O)OC3CCCCC3)=C(C)Nc3nc(SCc4ccccc4F)nn32)cc(Br)c1OCc1ccccc1. The van der Waals surface area contributed by atoms with Gasteiger partial charge in [0.05, 0.1) is 16.7 Å². The van der Waals surface area contributed by atoms with Crippen molar-refractivity contribution in [2.24, 2.45) is 0 Å². The molecule has 1 N–H and O–H groups in total. The molecule has 1 aliphatic carbocycles. The number of thioether (sulfide) groups is 1. The maximum Gasteiger partial charge on any atom is 0.338 e. The fourth-order valence-electron chi connectivity index (χ4n) is 5.80. The Morgan fingerprint density at radius 2 is 1.83 bits per heavy atom. The molecule has 0 saturated heterocycles. The van der Waals surface area contributed by atoms with Crippen molar-refractivity contribution >= 4 is 39.6 Å². The molecule has 46 heavy (non-hydrogen) atoms. The lowest BCUT2D eigenvalue weighted by molar-refractivity contribution is -0.146. The predicted octanol–water partition coefficient (Wildman–Crippen LogP) is 8.61. The summed E-state index contributed by atoms with van der Waals surface area (Å²) < 4.78 is 35.2. The van der Waals surface area contributed by atoms with Gasteiger partial charge in [0.2, 0.25) is 11.1 Å². The van der Waals surface area contributed by atoms with Gasteiger partial charge in [0.1, 0.15) is 24.6 Å². The number of rotatable bonds is 11. The molecular weight excluding hydrogens is 671 g/mol. The number of nitrogens with one attached hydrogen (secondary N) is 1. The molecule has 0 radical (unpaired) electrons. The van der Waals surface area contributed by atoms with E-state index in [2.05, 4.69) is 21.2 Å². The smallest absolute Gasteiger partial charge is 0.338 e. The molecule has 240 valence electrons. The monoisotopic (exact) mass is 706 g/mol. The van der Waals surface area contributed by atoms with Gasteiger partial charge in [0.15, 0.2) is 11.5 Å². The molecule has 0 amide bonds. The number of esters is 1. The Hall–Kier alpha value is -3.83. The molecule has 1 fully saturated rings. The van der Waals surface area contributed by atoms with Crippen LogP contribution in [-0.2, 0) is 21.9 Å². The first-order valence-electron chi connectivity index (χ1n) is 15.6. The molecule has 6 rings (SSSR count). The Balaban J connectivity index is 1.37. The van der Waals surface area contributed by atoms with Crippen molar-refractivity contribution < 1.29 is 23.4 Å². The summed E-state index contributed by atoms with van der Waals surface area (Å²) in [5.41, 5.74) is 3.41. The number of ether oxygens (including phenoxy) is 3. The molecule has 2 aliphatic rings. The summed E-state index contributed by atoms with van der Waals surface area (Å²) in [4.78, 5) is 18.7. The van der Waals surface area contributed by atoms with Gasteiger partial charge < -0.3 is 19.5 Å². The topological polar surface area (TPSA) is 87.5 Å². The van der Waals surface area contributed by atoms with E-state index < -0.39 is 6.04 Å². The van der Waals surface area contributed by atoms with Gasteiger partial charge in [-0.05, 0) is 90.4 Å². The molecule has 1 saturated carbocycles. The number of fused-ring (bicyclic) bond motifs is 1. The molecule has 1 unspecified atom stereocenters. The third kappa shape index (κ3) is 7.25. The number of aromatic nitrogens is 3. The van der Waals surface area contributed by atoms with E-state index in [1.807, 2.05) is 56.3 Å². The Bertz CT molecular complexity index is 1730. The maximum absolute atomic E-state index is 14.4. The zero-order chi connectivity index (χ0) is 32.0. The first-order valence-corrected chi connectivity index (χ1v) is 17.3. The number of carbonyl (C=O) groups excluding carboxylic acids is 1. The third-order valence-electron chi connectivity index (χ3n) is 8.07. The fraction of sp³-hybridized carbons (Fsp3) is 0.343. The highest BCUT2D eigenvalue weighted by Crippen LogP contribution is 2.44. The van der Waals surface area contributed by atoms with Crippen LogP contribution in [0.4, 0.5) is 10.3 Å². The first-order chi connectivity index (χ1) is 22.4. The number of allylic oxidation sites excluding steroid dienone is 1. The molecule has 1 aliphatic heterocycles. The molecule has 8 nitrogen and oxygen atoms in total. The molecule has 4 aromatic rings. The van der Waals surface area contributed by atoms with Crippen molar-refractivity contribution in [1.29, 1.82) is 0 Å². The zero-order valence-electron chi connectivity index (χ0n) is 25.8. The number of anilines is 1. The minimum atomic E-state index is -0.665. The highest BCUT2D eigenvalue weighted by atomic mass is 79.9. The number of benzene rings is 3. The van der Waals surface area contributed by atoms with Crippen molar-refractivity contribution in [3.05, 3.63) is 105 Å². The average molecular weight is 708 g/mol. The Morgan fingerprint density at radius 3 is 2.59 bits per heavy atom. The summed E-state index contributed by atoms with van der Waals surface area (Å²) in [6, 6.07) is 19.7. The second-order valence-electron chi connectivity index (χ2n) is 11.3. The maximum atomic E-state index is 14.4. The highest BCUT2D eigenvalue weighted by molar-refractivity contribution is 9.10. The van der Waals surface area contributed by atoms with Crippen LogP contribution in [0.25, 0.3) is 0 Å². The van der Waals surface area contributed by atoms with Crippen LogP contribution in [-0.4, -0.2) is 33.4 Å². The van der Waals surface area contributed by atoms with Gasteiger partial charge in [0, 0.05) is 11.4 Å². The summed E-state index contributed by atoms with van der Waals surface area (Å²) >= 11 is 5.05. The van der Waals surface area contributed by atoms with Gasteiger partial charge in [-0.2, -0.15) is 4.98 Å². The van der Waals surface area contributed by atoms with Gasteiger partial charge in [-0.3, -0.25) is 0 Å². The second kappa shape index (κ2) is 14.7. The normalized spacial score (nSPS) is 16.5. The molecule has 0 bridgehead atoms. The highest BCUT2D eigenvalue weighted by Gasteiger charge is 2.37. The minimum Gasteiger partial charge on any atom is -0.490 e. The van der Waals surface area contributed by atoms with Crippen LogP contribution < -0.4 is 14.8 Å². The number of nitrogens with zero attached hydrogens (tertiary/aromatic N) is 3. The van der Waals surface area contributed by atoms with Crippen LogP contribution in [0, 0.1) is 5.82 Å². The van der Waals surface area contributed by atoms with E-state index >= 15 is 0 Å². The van der Waals surface area contributed by atoms with Crippen LogP contribution in [0.15, 0.2) is 87.6 Å². The van der Waals surface area contributed by atoms with Crippen molar-refractivity contribution in [3.8, 4) is 11.5 Å². The van der Waals surface area contributed by atoms with Crippen molar-refractivity contribution in [3.63, 3.8) is 0 Å². The molecule has 1 atom stereocenters. The number of halogens is 2. The van der Waals surface area contributed by atoms with E-state index in [4.69, 9.17) is 24.3 Å². The summed E-state index contributed by atoms with van der Waals surface area (Å²) in [6.45, 7) is 4.54. The lowest BCUT2D eigenvalue weighted by atomic mass is 9.94. The van der Waals surface area contributed by atoms with E-state index in [-0.39, 0.29) is 17.9 Å². The van der Waals surface area contributed by atoms with Gasteiger partial charge in [-0.25, -0.2) is 13.9 Å². The molecule has 2 heterocycles. The Kier molecular flexibility index (Phi) is 10.3. The van der Waals surface area contributed by atoms with Crippen LogP contribution in [0.2, 0.25) is 0 Å². The van der Waals surface area contributed by atoms with E-state index in [1.165, 1.54) is 17.8 Å². The summed E-state index contributed by atoms with van der Waals surface area (Å²) in [7, 11) is 0. The van der Waals surface area contributed by atoms with E-state index in [9.17, 15) is 9.18 Å². The summed E-state index contributed by atoms with van der Waals surface area (Å²) in [6.07, 6.45) is 4.84. The van der Waals surface area contributed by atoms with E-state index in [0.717, 1.165) is 43.2 Å². The molecule has 0 spiro atoms. The quantitative estimate of drug-likeness (QED) is 0.123. The summed E-state index contributed by atoms with van der Waals surface area (Å²) in [5.74, 6) is 1.28. The van der Waals surface area contributed by atoms with Crippen LogP contribution in [0.3, 0.4) is 0 Å². The lowest BCUT2D eigenvalue weighted by Crippen LogP contribution is -2.32. The Morgan fingerprint density at radius 1 is 1.07 bits per heavy atom. The second-order valence-corrected chi connectivity index (χ2v) is 13.1. The number of carbonyl (C=O) groups is 1. The number of hydrogen-bond acceptors (Lipinski definition) is 8. The molecule has 3 aromatic carbocycles. The third-order valence-corrected chi connectivity index (χ3v) is 9.54. The zero-order valence-corrected chi connectivity index (χ0v) is 28.2. The summed E-state index contributed by atoms with van der Waals surface area (Å²) in [5, 5.41) is 8.56. The minimum absolute atomic E-state index is 0.120. The number of hydrogen-bond donors (Lipinski definition) is 1. The lowest BCUT2D eigenvalue weighted by Gasteiger charge is -2.30. The van der Waals surface area contributed by atoms with Crippen LogP contribution in [0.5, 0.6) is 11.5 Å². The van der Waals surface area contributed by atoms with Crippen LogP contribution in [0.1, 0.15) is 68.7 Å². The Labute approximate surface area is 280 Å². The van der Waals surface area contributed by atoms with Gasteiger partial charge in [-0.15, -0.1) is 5.10 Å². The van der Waals surface area contributed by atoms with Crippen molar-refractivity contribution in [2.75, 3.05) is 11.9 Å². The van der Waals surface area contributed by atoms with Crippen molar-refractivity contribution in [2.45, 2.75) is 75.6 Å². The van der Waals surface area contributed by atoms with Crippen molar-refractivity contribution in [1.82, 2.24) is 14.8 Å². The standard InChI is InChI=1S/C35H36BrFN4O4S/c1-3-43-29-19-25(18-27(36)32(29)44-20-23-12-6-4-7-13-23)31-30(33(42)45-26-15-8-5-9-16-26)22(2)38-34-39-35(40-41(31)34)46-21-24-14-10-11-17-28(24)37/h4,6-7,10-14,17-19,26,31H,3,5,8-9,15-16,20-21H2,1-2H3,(H,38,39,40). The average Bonchev–Trinajstić information content (AvgIpc) is 3.46. The van der Waals surface area contributed by atoms with Crippen LogP contribution >= 0.6 is 27.7 Å². The van der Waals surface area contributed by atoms with E-state index in [1.54, 1.807) is 22.9 Å². The van der Waals surface area contributed by atoms with Gasteiger partial charge in [0.25, 0.3) is 0 Å². The van der Waals surface area contributed by atoms with Gasteiger partial charge in [-0.1, -0.05) is 66.7 Å².